The van der Waals surface area contributed by atoms with Gasteiger partial charge in [0.25, 0.3) is 0 Å². The number of amides is 2. The number of hydrogen-bond donors (Lipinski definition) is 1. The van der Waals surface area contributed by atoms with E-state index in [9.17, 15) is 4.79 Å². The van der Waals surface area contributed by atoms with Gasteiger partial charge in [0.2, 0.25) is 0 Å². The van der Waals surface area contributed by atoms with E-state index in [1.165, 1.54) is 11.3 Å². The lowest BCUT2D eigenvalue weighted by Gasteiger charge is -2.37. The Morgan fingerprint density at radius 3 is 2.84 bits per heavy atom. The number of carbonyl (C=O) groups excluding carboxylic acids is 1. The Bertz CT molecular complexity index is 562. The number of urea groups is 1. The summed E-state index contributed by atoms with van der Waals surface area (Å²) >= 11 is 0. The van der Waals surface area contributed by atoms with Crippen LogP contribution >= 0.6 is 0 Å². The number of hydrogen-bond acceptors (Lipinski definition) is 4. The molecule has 138 valence electrons. The molecule has 2 heterocycles. The first kappa shape index (κ1) is 18.0. The van der Waals surface area contributed by atoms with Crippen LogP contribution in [0.25, 0.3) is 0 Å². The van der Waals surface area contributed by atoms with E-state index < -0.39 is 0 Å². The van der Waals surface area contributed by atoms with E-state index in [2.05, 4.69) is 41.4 Å². The van der Waals surface area contributed by atoms with E-state index in [0.717, 1.165) is 25.9 Å². The molecule has 6 heteroatoms. The molecule has 2 fully saturated rings. The Morgan fingerprint density at radius 1 is 1.28 bits per heavy atom. The number of nitrogens with one attached hydrogen (secondary N) is 1. The number of ether oxygens (including phenoxy) is 2. The normalized spacial score (nSPS) is 24.2. The highest BCUT2D eigenvalue weighted by atomic mass is 16.5. The third kappa shape index (κ3) is 4.86. The van der Waals surface area contributed by atoms with E-state index in [4.69, 9.17) is 9.47 Å². The van der Waals surface area contributed by atoms with Crippen molar-refractivity contribution in [2.75, 3.05) is 51.4 Å². The minimum absolute atomic E-state index is 0.0140. The summed E-state index contributed by atoms with van der Waals surface area (Å²) in [5.41, 5.74) is 2.50. The van der Waals surface area contributed by atoms with E-state index in [-0.39, 0.29) is 18.2 Å². The van der Waals surface area contributed by atoms with Crippen molar-refractivity contribution in [3.8, 4) is 0 Å². The van der Waals surface area contributed by atoms with Gasteiger partial charge in [0.1, 0.15) is 0 Å². The second-order valence-corrected chi connectivity index (χ2v) is 6.96. The fourth-order valence-corrected chi connectivity index (χ4v) is 3.54. The van der Waals surface area contributed by atoms with E-state index in [0.29, 0.717) is 26.3 Å². The lowest BCUT2D eigenvalue weighted by molar-refractivity contribution is -0.0496. The minimum atomic E-state index is -0.0279. The summed E-state index contributed by atoms with van der Waals surface area (Å²) in [6.07, 6.45) is 2.09. The molecule has 3 rings (SSSR count). The number of piperidine rings is 1. The van der Waals surface area contributed by atoms with Crippen LogP contribution < -0.4 is 10.2 Å². The number of benzene rings is 1. The molecule has 2 amide bonds. The lowest BCUT2D eigenvalue weighted by Crippen LogP contribution is -2.55. The van der Waals surface area contributed by atoms with Gasteiger partial charge in [-0.2, -0.15) is 0 Å². The molecule has 2 atom stereocenters. The average molecular weight is 347 g/mol. The smallest absolute Gasteiger partial charge is 0.317 e. The number of carbonyl (C=O) groups is 1. The number of aryl methyl sites for hydroxylation is 1. The van der Waals surface area contributed by atoms with Gasteiger partial charge >= 0.3 is 6.03 Å². The molecular formula is C19H29N3O3. The molecule has 0 aliphatic carbocycles. The zero-order valence-corrected chi connectivity index (χ0v) is 15.2. The van der Waals surface area contributed by atoms with Gasteiger partial charge < -0.3 is 24.6 Å². The van der Waals surface area contributed by atoms with Crippen molar-refractivity contribution in [1.29, 1.82) is 0 Å². The van der Waals surface area contributed by atoms with Crippen LogP contribution in [0, 0.1) is 6.92 Å². The number of rotatable bonds is 4. The summed E-state index contributed by atoms with van der Waals surface area (Å²) in [5.74, 6) is 0. The van der Waals surface area contributed by atoms with Gasteiger partial charge in [0, 0.05) is 38.5 Å². The fourth-order valence-electron chi connectivity index (χ4n) is 3.54. The average Bonchev–Trinajstić information content (AvgIpc) is 2.63. The van der Waals surface area contributed by atoms with Crippen LogP contribution in [0.5, 0.6) is 0 Å². The van der Waals surface area contributed by atoms with E-state index in [1.54, 1.807) is 7.11 Å². The van der Waals surface area contributed by atoms with Crippen molar-refractivity contribution >= 4 is 11.7 Å². The topological polar surface area (TPSA) is 54.0 Å². The van der Waals surface area contributed by atoms with Crippen LogP contribution in [0.3, 0.4) is 0 Å². The summed E-state index contributed by atoms with van der Waals surface area (Å²) in [6.45, 7) is 6.33. The number of anilines is 1. The molecule has 0 saturated carbocycles. The Kier molecular flexibility index (Phi) is 6.15. The van der Waals surface area contributed by atoms with Crippen LogP contribution in [0.1, 0.15) is 18.4 Å². The maximum atomic E-state index is 12.6. The molecule has 0 bridgehead atoms. The maximum absolute atomic E-state index is 12.6. The molecule has 0 radical (unpaired) electrons. The number of morpholine rings is 1. The van der Waals surface area contributed by atoms with Crippen LogP contribution in [-0.2, 0) is 9.47 Å². The molecule has 2 aliphatic rings. The van der Waals surface area contributed by atoms with Crippen molar-refractivity contribution in [3.63, 3.8) is 0 Å². The standard InChI is InChI=1S/C19H29N3O3/c1-15-5-7-17(8-6-15)21-9-3-4-16(12-21)20-19(23)22-10-11-25-18(13-22)14-24-2/h5-8,16,18H,3-4,9-14H2,1-2H3,(H,20,23)/t16-,18+/m0/s1. The fraction of sp³-hybridized carbons (Fsp3) is 0.632. The molecule has 6 nitrogen and oxygen atoms in total. The van der Waals surface area contributed by atoms with Crippen LogP contribution in [0.15, 0.2) is 24.3 Å². The Morgan fingerprint density at radius 2 is 2.08 bits per heavy atom. The lowest BCUT2D eigenvalue weighted by atomic mass is 10.0. The van der Waals surface area contributed by atoms with Crippen molar-refractivity contribution in [3.05, 3.63) is 29.8 Å². The zero-order valence-electron chi connectivity index (χ0n) is 15.2. The van der Waals surface area contributed by atoms with Crippen molar-refractivity contribution in [2.24, 2.45) is 0 Å². The summed E-state index contributed by atoms with van der Waals surface area (Å²) in [7, 11) is 1.66. The molecule has 2 saturated heterocycles. The van der Waals surface area contributed by atoms with Gasteiger partial charge in [-0.3, -0.25) is 0 Å². The SMILES string of the molecule is COC[C@H]1CN(C(=O)N[C@H]2CCCN(c3ccc(C)cc3)C2)CCO1. The molecular weight excluding hydrogens is 318 g/mol. The van der Waals surface area contributed by atoms with Crippen LogP contribution in [0.4, 0.5) is 10.5 Å². The van der Waals surface area contributed by atoms with Crippen molar-refractivity contribution in [1.82, 2.24) is 10.2 Å². The highest BCUT2D eigenvalue weighted by Gasteiger charge is 2.27. The second-order valence-electron chi connectivity index (χ2n) is 6.96. The molecule has 2 aliphatic heterocycles. The number of nitrogens with zero attached hydrogens (tertiary/aromatic N) is 2. The van der Waals surface area contributed by atoms with E-state index in [1.807, 2.05) is 4.90 Å². The van der Waals surface area contributed by atoms with Gasteiger partial charge in [-0.25, -0.2) is 4.79 Å². The van der Waals surface area contributed by atoms with Crippen molar-refractivity contribution < 1.29 is 14.3 Å². The second kappa shape index (κ2) is 8.54. The van der Waals surface area contributed by atoms with Crippen molar-refractivity contribution in [2.45, 2.75) is 31.9 Å². The molecule has 0 aromatic heterocycles. The predicted molar refractivity (Wildman–Crippen MR) is 98.1 cm³/mol. The summed E-state index contributed by atoms with van der Waals surface area (Å²) in [5, 5.41) is 3.21. The van der Waals surface area contributed by atoms with E-state index >= 15 is 0 Å². The molecule has 1 N–H and O–H groups in total. The largest absolute Gasteiger partial charge is 0.382 e. The Balaban J connectivity index is 1.53. The summed E-state index contributed by atoms with van der Waals surface area (Å²) < 4.78 is 10.8. The third-order valence-corrected chi connectivity index (χ3v) is 4.93. The molecule has 1 aromatic rings. The van der Waals surface area contributed by atoms with Gasteiger partial charge in [0.05, 0.1) is 25.9 Å². The quantitative estimate of drug-likeness (QED) is 0.905. The Labute approximate surface area is 150 Å². The Hall–Kier alpha value is -1.79. The highest BCUT2D eigenvalue weighted by Crippen LogP contribution is 2.20. The predicted octanol–water partition coefficient (Wildman–Crippen LogP) is 2.02. The van der Waals surface area contributed by atoms with Gasteiger partial charge in [0.15, 0.2) is 0 Å². The first-order valence-electron chi connectivity index (χ1n) is 9.13. The molecule has 25 heavy (non-hydrogen) atoms. The monoisotopic (exact) mass is 347 g/mol. The molecule has 1 aromatic carbocycles. The summed E-state index contributed by atoms with van der Waals surface area (Å²) in [6, 6.07) is 8.81. The third-order valence-electron chi connectivity index (χ3n) is 4.93. The molecule has 0 unspecified atom stereocenters. The first-order valence-corrected chi connectivity index (χ1v) is 9.13. The van der Waals surface area contributed by atoms with Gasteiger partial charge in [-0.1, -0.05) is 17.7 Å². The summed E-state index contributed by atoms with van der Waals surface area (Å²) in [4.78, 5) is 16.8. The molecule has 0 spiro atoms. The van der Waals surface area contributed by atoms with Crippen LogP contribution in [0.2, 0.25) is 0 Å². The van der Waals surface area contributed by atoms with Gasteiger partial charge in [-0.15, -0.1) is 0 Å². The van der Waals surface area contributed by atoms with Gasteiger partial charge in [-0.05, 0) is 31.9 Å². The minimum Gasteiger partial charge on any atom is -0.382 e. The highest BCUT2D eigenvalue weighted by molar-refractivity contribution is 5.74. The van der Waals surface area contributed by atoms with Crippen LogP contribution in [-0.4, -0.2) is 69.6 Å². The first-order chi connectivity index (χ1) is 12.2. The zero-order chi connectivity index (χ0) is 17.6. The maximum Gasteiger partial charge on any atom is 0.317 e. The number of methoxy groups -OCH3 is 1.